The van der Waals surface area contributed by atoms with Crippen molar-refractivity contribution in [3.05, 3.63) is 60.8 Å². The Hall–Kier alpha value is -2.33. The summed E-state index contributed by atoms with van der Waals surface area (Å²) in [4.78, 5) is 33.6. The van der Waals surface area contributed by atoms with Gasteiger partial charge in [0.25, 0.3) is 0 Å². The number of phosphoric acid groups is 1. The second-order valence-electron chi connectivity index (χ2n) is 16.9. The Morgan fingerprint density at radius 1 is 0.524 bits per heavy atom. The molecular formula is C52H94NO9P. The average molecular weight is 908 g/mol. The number of nitrogens with two attached hydrogens (primary N) is 1. The first-order valence-electron chi connectivity index (χ1n) is 25.3. The van der Waals surface area contributed by atoms with Crippen LogP contribution < -0.4 is 5.73 Å². The Balaban J connectivity index is 4.16. The zero-order chi connectivity index (χ0) is 46.2. The summed E-state index contributed by atoms with van der Waals surface area (Å²) in [7, 11) is -4.64. The first-order chi connectivity index (χ1) is 30.7. The quantitative estimate of drug-likeness (QED) is 0.0233. The molecule has 0 aliphatic heterocycles. The van der Waals surface area contributed by atoms with Gasteiger partial charge < -0.3 is 25.2 Å². The number of carbonyl (C=O) groups is 2. The Bertz CT molecular complexity index is 1230. The summed E-state index contributed by atoms with van der Waals surface area (Å²) in [5, 5.41) is 8.92. The summed E-state index contributed by atoms with van der Waals surface area (Å²) in [6, 6.07) is -1.48. The number of carboxylic acid groups (broad SMARTS) is 1. The predicted octanol–water partition coefficient (Wildman–Crippen LogP) is 14.8. The molecule has 0 saturated carbocycles. The van der Waals surface area contributed by atoms with Gasteiger partial charge in [-0.1, -0.05) is 222 Å². The van der Waals surface area contributed by atoms with Crippen LogP contribution in [0.2, 0.25) is 0 Å². The standard InChI is InChI=1S/C52H94NO9P/c1-3-5-7-9-11-13-15-17-19-21-22-23-24-25-26-27-29-31-33-35-37-39-41-43-45-59-46-49(47-60-63(57,58)61-48-50(53)52(55)56)62-51(54)44-42-40-38-36-34-32-30-28-20-18-16-14-12-10-8-6-4-2/h6,8,12,14,18,20,30,32,36,38,49-50H,3-5,7,9-11,13,15-17,19,21-29,31,33-35,37,39-48,53H2,1-2H3,(H,55,56)(H,57,58)/b8-6-,14-12-,20-18-,32-30-,38-36-. The fraction of sp³-hybridized carbons (Fsp3) is 0.769. The minimum Gasteiger partial charge on any atom is -0.480 e. The van der Waals surface area contributed by atoms with Crippen LogP contribution in [0, 0.1) is 0 Å². The van der Waals surface area contributed by atoms with E-state index in [4.69, 9.17) is 29.4 Å². The number of esters is 1. The number of allylic oxidation sites excluding steroid dienone is 10. The van der Waals surface area contributed by atoms with E-state index in [1.807, 2.05) is 6.08 Å². The highest BCUT2D eigenvalue weighted by atomic mass is 31.2. The first kappa shape index (κ1) is 60.7. The van der Waals surface area contributed by atoms with E-state index in [0.717, 1.165) is 51.4 Å². The zero-order valence-corrected chi connectivity index (χ0v) is 41.1. The molecule has 3 atom stereocenters. The zero-order valence-electron chi connectivity index (χ0n) is 40.2. The maximum Gasteiger partial charge on any atom is 0.472 e. The molecule has 0 aliphatic carbocycles. The Kier molecular flexibility index (Phi) is 45.9. The SMILES string of the molecule is CC/C=C\C/C=C\C/C=C\C/C=C\C/C=C\CCCC(=O)OC(COCCCCCCCCCCCCCCCCCCCCCCCCCC)COP(=O)(O)OCC(N)C(=O)O. The van der Waals surface area contributed by atoms with Gasteiger partial charge in [-0.2, -0.15) is 0 Å². The molecule has 366 valence electrons. The van der Waals surface area contributed by atoms with Gasteiger partial charge in [0.05, 0.1) is 19.8 Å². The van der Waals surface area contributed by atoms with Crippen LogP contribution in [0.25, 0.3) is 0 Å². The molecular weight excluding hydrogens is 814 g/mol. The minimum atomic E-state index is -4.64. The largest absolute Gasteiger partial charge is 0.480 e. The fourth-order valence-electron chi connectivity index (χ4n) is 6.94. The maximum atomic E-state index is 12.6. The van der Waals surface area contributed by atoms with Crippen LogP contribution >= 0.6 is 7.82 Å². The van der Waals surface area contributed by atoms with E-state index in [9.17, 15) is 19.0 Å². The van der Waals surface area contributed by atoms with Crippen molar-refractivity contribution in [3.63, 3.8) is 0 Å². The lowest BCUT2D eigenvalue weighted by molar-refractivity contribution is -0.154. The highest BCUT2D eigenvalue weighted by Gasteiger charge is 2.27. The molecule has 0 fully saturated rings. The smallest absolute Gasteiger partial charge is 0.472 e. The van der Waals surface area contributed by atoms with Crippen LogP contribution in [0.4, 0.5) is 0 Å². The van der Waals surface area contributed by atoms with Gasteiger partial charge >= 0.3 is 19.8 Å². The molecule has 63 heavy (non-hydrogen) atoms. The summed E-state index contributed by atoms with van der Waals surface area (Å²) in [5.74, 6) is -1.84. The van der Waals surface area contributed by atoms with Gasteiger partial charge in [0.1, 0.15) is 12.1 Å². The number of phosphoric ester groups is 1. The number of aliphatic carboxylic acids is 1. The maximum absolute atomic E-state index is 12.6. The Morgan fingerprint density at radius 2 is 0.905 bits per heavy atom. The van der Waals surface area contributed by atoms with Crippen molar-refractivity contribution in [1.29, 1.82) is 0 Å². The van der Waals surface area contributed by atoms with Crippen LogP contribution in [0.3, 0.4) is 0 Å². The van der Waals surface area contributed by atoms with Gasteiger partial charge in [-0.15, -0.1) is 0 Å². The molecule has 0 aromatic rings. The van der Waals surface area contributed by atoms with E-state index in [0.29, 0.717) is 19.4 Å². The Labute approximate surface area is 385 Å². The normalized spacial score (nSPS) is 14.2. The average Bonchev–Trinajstić information content (AvgIpc) is 3.26. The van der Waals surface area contributed by atoms with Crippen molar-refractivity contribution in [2.24, 2.45) is 5.73 Å². The second kappa shape index (κ2) is 47.6. The third-order valence-corrected chi connectivity index (χ3v) is 11.8. The van der Waals surface area contributed by atoms with E-state index in [2.05, 4.69) is 68.5 Å². The number of hydrogen-bond acceptors (Lipinski definition) is 8. The molecule has 0 amide bonds. The highest BCUT2D eigenvalue weighted by molar-refractivity contribution is 7.47. The van der Waals surface area contributed by atoms with Crippen molar-refractivity contribution in [1.82, 2.24) is 0 Å². The van der Waals surface area contributed by atoms with E-state index in [1.54, 1.807) is 0 Å². The summed E-state index contributed by atoms with van der Waals surface area (Å²) in [6.45, 7) is 3.73. The molecule has 0 aromatic carbocycles. The summed E-state index contributed by atoms with van der Waals surface area (Å²) in [5.41, 5.74) is 5.37. The number of rotatable bonds is 48. The van der Waals surface area contributed by atoms with Crippen molar-refractivity contribution in [3.8, 4) is 0 Å². The summed E-state index contributed by atoms with van der Waals surface area (Å²) in [6.07, 6.45) is 58.7. The van der Waals surface area contributed by atoms with Crippen LogP contribution in [-0.2, 0) is 32.7 Å². The fourth-order valence-corrected chi connectivity index (χ4v) is 7.71. The van der Waals surface area contributed by atoms with Crippen LogP contribution in [0.1, 0.15) is 219 Å². The van der Waals surface area contributed by atoms with Crippen LogP contribution in [0.5, 0.6) is 0 Å². The molecule has 0 bridgehead atoms. The van der Waals surface area contributed by atoms with Crippen molar-refractivity contribution < 1.29 is 42.7 Å². The highest BCUT2D eigenvalue weighted by Crippen LogP contribution is 2.43. The minimum absolute atomic E-state index is 0.00545. The molecule has 3 unspecified atom stereocenters. The Morgan fingerprint density at radius 3 is 1.32 bits per heavy atom. The monoisotopic (exact) mass is 908 g/mol. The van der Waals surface area contributed by atoms with Gasteiger partial charge in [-0.25, -0.2) is 4.57 Å². The molecule has 0 rings (SSSR count). The predicted molar refractivity (Wildman–Crippen MR) is 263 cm³/mol. The number of hydrogen-bond donors (Lipinski definition) is 3. The molecule has 0 saturated heterocycles. The van der Waals surface area contributed by atoms with Crippen molar-refractivity contribution in [2.75, 3.05) is 26.4 Å². The van der Waals surface area contributed by atoms with E-state index in [-0.39, 0.29) is 13.0 Å². The lowest BCUT2D eigenvalue weighted by Gasteiger charge is -2.20. The third kappa shape index (κ3) is 47.5. The number of carbonyl (C=O) groups excluding carboxylic acids is 1. The van der Waals surface area contributed by atoms with Crippen molar-refractivity contribution in [2.45, 2.75) is 231 Å². The number of carboxylic acids is 1. The van der Waals surface area contributed by atoms with Gasteiger partial charge in [-0.05, 0) is 51.4 Å². The van der Waals surface area contributed by atoms with Gasteiger partial charge in [0.2, 0.25) is 0 Å². The first-order valence-corrected chi connectivity index (χ1v) is 26.8. The number of unbranched alkanes of at least 4 members (excludes halogenated alkanes) is 24. The topological polar surface area (TPSA) is 155 Å². The molecule has 10 nitrogen and oxygen atoms in total. The molecule has 0 aliphatic rings. The van der Waals surface area contributed by atoms with Crippen molar-refractivity contribution >= 4 is 19.8 Å². The van der Waals surface area contributed by atoms with E-state index >= 15 is 0 Å². The van der Waals surface area contributed by atoms with Gasteiger partial charge in [-0.3, -0.25) is 18.6 Å². The van der Waals surface area contributed by atoms with Gasteiger partial charge in [0, 0.05) is 13.0 Å². The molecule has 0 spiro atoms. The molecule has 4 N–H and O–H groups in total. The van der Waals surface area contributed by atoms with Crippen LogP contribution in [-0.4, -0.2) is 60.5 Å². The van der Waals surface area contributed by atoms with E-state index in [1.165, 1.54) is 135 Å². The lowest BCUT2D eigenvalue weighted by Crippen LogP contribution is -2.34. The number of ether oxygens (including phenoxy) is 2. The van der Waals surface area contributed by atoms with Gasteiger partial charge in [0.15, 0.2) is 0 Å². The summed E-state index contributed by atoms with van der Waals surface area (Å²) < 4.78 is 33.4. The van der Waals surface area contributed by atoms with E-state index < -0.39 is 45.1 Å². The molecule has 11 heteroatoms. The molecule has 0 aromatic heterocycles. The second-order valence-corrected chi connectivity index (χ2v) is 18.4. The van der Waals surface area contributed by atoms with Crippen LogP contribution in [0.15, 0.2) is 60.8 Å². The summed E-state index contributed by atoms with van der Waals surface area (Å²) >= 11 is 0. The molecule has 0 heterocycles. The third-order valence-electron chi connectivity index (χ3n) is 10.8. The molecule has 0 radical (unpaired) electrons. The lowest BCUT2D eigenvalue weighted by atomic mass is 10.0.